The van der Waals surface area contributed by atoms with Gasteiger partial charge in [0.05, 0.1) is 5.92 Å². The largest absolute Gasteiger partial charge is 0.481 e. The summed E-state index contributed by atoms with van der Waals surface area (Å²) in [6.45, 7) is 9.07. The number of carbonyl (C=O) groups is 1. The minimum atomic E-state index is -0.660. The summed E-state index contributed by atoms with van der Waals surface area (Å²) in [4.78, 5) is 18.5. The fraction of sp³-hybridized carbons (Fsp3) is 0.700. The highest BCUT2D eigenvalue weighted by Gasteiger charge is 2.37. The predicted molar refractivity (Wildman–Crippen MR) is 94.8 cm³/mol. The maximum absolute atomic E-state index is 11.5. The highest BCUT2D eigenvalue weighted by molar-refractivity contribution is 5.70. The lowest BCUT2D eigenvalue weighted by Crippen LogP contribution is -2.46. The molecule has 0 amide bonds. The van der Waals surface area contributed by atoms with Crippen LogP contribution in [-0.4, -0.2) is 34.0 Å². The molecule has 0 unspecified atom stereocenters. The number of piperidine rings is 1. The summed E-state index contributed by atoms with van der Waals surface area (Å²) in [6, 6.07) is 4.34. The Morgan fingerprint density at radius 3 is 2.54 bits per heavy atom. The van der Waals surface area contributed by atoms with Crippen molar-refractivity contribution in [2.24, 2.45) is 17.3 Å². The molecule has 2 atom stereocenters. The van der Waals surface area contributed by atoms with Crippen LogP contribution in [0.25, 0.3) is 0 Å². The molecule has 24 heavy (non-hydrogen) atoms. The third-order valence-corrected chi connectivity index (χ3v) is 5.88. The lowest BCUT2D eigenvalue weighted by molar-refractivity contribution is -0.145. The van der Waals surface area contributed by atoms with E-state index in [2.05, 4.69) is 42.8 Å². The van der Waals surface area contributed by atoms with Crippen LogP contribution in [0.15, 0.2) is 18.3 Å². The molecule has 0 radical (unpaired) electrons. The fourth-order valence-corrected chi connectivity index (χ4v) is 3.86. The van der Waals surface area contributed by atoms with Crippen LogP contribution in [0.4, 0.5) is 0 Å². The van der Waals surface area contributed by atoms with Crippen molar-refractivity contribution in [3.05, 3.63) is 29.6 Å². The van der Waals surface area contributed by atoms with Crippen LogP contribution in [0.1, 0.15) is 63.6 Å². The third-order valence-electron chi connectivity index (χ3n) is 5.88. The Bertz CT molecular complexity index is 572. The zero-order valence-corrected chi connectivity index (χ0v) is 15.2. The molecule has 2 heterocycles. The van der Waals surface area contributed by atoms with E-state index in [9.17, 15) is 9.90 Å². The van der Waals surface area contributed by atoms with Gasteiger partial charge in [-0.1, -0.05) is 33.3 Å². The molecule has 4 heteroatoms. The van der Waals surface area contributed by atoms with Crippen molar-refractivity contribution >= 4 is 5.97 Å². The molecular formula is C20H30N2O2. The van der Waals surface area contributed by atoms with E-state index in [0.717, 1.165) is 19.5 Å². The summed E-state index contributed by atoms with van der Waals surface area (Å²) in [6.07, 6.45) is 6.64. The quantitative estimate of drug-likeness (QED) is 0.909. The molecule has 0 aromatic carbocycles. The minimum Gasteiger partial charge on any atom is -0.481 e. The van der Waals surface area contributed by atoms with E-state index in [4.69, 9.17) is 0 Å². The first-order chi connectivity index (χ1) is 11.3. The zero-order chi connectivity index (χ0) is 17.3. The number of hydrogen-bond acceptors (Lipinski definition) is 3. The normalized spacial score (nSPS) is 26.1. The van der Waals surface area contributed by atoms with Gasteiger partial charge in [-0.2, -0.15) is 0 Å². The van der Waals surface area contributed by atoms with E-state index >= 15 is 0 Å². The number of aliphatic carboxylic acids is 1. The molecule has 2 fully saturated rings. The molecule has 1 saturated heterocycles. The standard InChI is InChI=1S/C20H30N2O2/c1-20(2,3)17-9-16(19(23)24)12-22(13-17)11-14-7-8-18(21-10-14)15-5-4-6-15/h7-8,10,15-17H,4-6,9,11-13H2,1-3H3,(H,23,24)/t16-,17+/m0/s1. The van der Waals surface area contributed by atoms with Crippen LogP contribution >= 0.6 is 0 Å². The average Bonchev–Trinajstić information content (AvgIpc) is 2.46. The Balaban J connectivity index is 1.66. The molecule has 0 bridgehead atoms. The molecule has 4 nitrogen and oxygen atoms in total. The van der Waals surface area contributed by atoms with E-state index in [-0.39, 0.29) is 11.3 Å². The number of rotatable bonds is 4. The Morgan fingerprint density at radius 2 is 2.04 bits per heavy atom. The van der Waals surface area contributed by atoms with Crippen molar-refractivity contribution in [3.8, 4) is 0 Å². The van der Waals surface area contributed by atoms with Crippen LogP contribution in [0, 0.1) is 17.3 Å². The molecule has 1 saturated carbocycles. The molecular weight excluding hydrogens is 300 g/mol. The summed E-state index contributed by atoms with van der Waals surface area (Å²) >= 11 is 0. The summed E-state index contributed by atoms with van der Waals surface area (Å²) in [5.41, 5.74) is 2.55. The van der Waals surface area contributed by atoms with Gasteiger partial charge in [0.2, 0.25) is 0 Å². The van der Waals surface area contributed by atoms with Gasteiger partial charge in [0.25, 0.3) is 0 Å². The van der Waals surface area contributed by atoms with Crippen molar-refractivity contribution in [1.82, 2.24) is 9.88 Å². The van der Waals surface area contributed by atoms with Crippen molar-refractivity contribution in [1.29, 1.82) is 0 Å². The van der Waals surface area contributed by atoms with Crippen LogP contribution in [0.5, 0.6) is 0 Å². The van der Waals surface area contributed by atoms with Gasteiger partial charge in [0, 0.05) is 37.4 Å². The zero-order valence-electron chi connectivity index (χ0n) is 15.2. The number of likely N-dealkylation sites (tertiary alicyclic amines) is 1. The molecule has 0 spiro atoms. The summed E-state index contributed by atoms with van der Waals surface area (Å²) in [5.74, 6) is 0.155. The Hall–Kier alpha value is -1.42. The van der Waals surface area contributed by atoms with Crippen LogP contribution in [0.2, 0.25) is 0 Å². The highest BCUT2D eigenvalue weighted by Crippen LogP contribution is 2.37. The van der Waals surface area contributed by atoms with Gasteiger partial charge in [-0.3, -0.25) is 14.7 Å². The molecule has 1 N–H and O–H groups in total. The second kappa shape index (κ2) is 6.83. The highest BCUT2D eigenvalue weighted by atomic mass is 16.4. The molecule has 1 aromatic rings. The smallest absolute Gasteiger partial charge is 0.307 e. The molecule has 3 rings (SSSR count). The first-order valence-electron chi connectivity index (χ1n) is 9.23. The molecule has 1 aliphatic heterocycles. The maximum Gasteiger partial charge on any atom is 0.307 e. The predicted octanol–water partition coefficient (Wildman–Crippen LogP) is 3.92. The first-order valence-corrected chi connectivity index (χ1v) is 9.23. The van der Waals surface area contributed by atoms with Crippen molar-refractivity contribution in [3.63, 3.8) is 0 Å². The number of carboxylic acids is 1. The second-order valence-electron chi connectivity index (χ2n) is 8.75. The molecule has 2 aliphatic rings. The minimum absolute atomic E-state index is 0.138. The van der Waals surface area contributed by atoms with E-state index in [1.54, 1.807) is 0 Å². The summed E-state index contributed by atoms with van der Waals surface area (Å²) in [7, 11) is 0. The summed E-state index contributed by atoms with van der Waals surface area (Å²) < 4.78 is 0. The number of hydrogen-bond donors (Lipinski definition) is 1. The molecule has 1 aliphatic carbocycles. The second-order valence-corrected chi connectivity index (χ2v) is 8.75. The number of nitrogens with zero attached hydrogens (tertiary/aromatic N) is 2. The van der Waals surface area contributed by atoms with Crippen LogP contribution < -0.4 is 0 Å². The third kappa shape index (κ3) is 3.97. The van der Waals surface area contributed by atoms with E-state index < -0.39 is 5.97 Å². The monoisotopic (exact) mass is 330 g/mol. The van der Waals surface area contributed by atoms with Gasteiger partial charge >= 0.3 is 5.97 Å². The molecule has 1 aromatic heterocycles. The lowest BCUT2D eigenvalue weighted by atomic mass is 9.73. The van der Waals surface area contributed by atoms with E-state index in [0.29, 0.717) is 18.4 Å². The van der Waals surface area contributed by atoms with Gasteiger partial charge in [-0.05, 0) is 42.2 Å². The van der Waals surface area contributed by atoms with Gasteiger partial charge in [0.1, 0.15) is 0 Å². The van der Waals surface area contributed by atoms with Crippen molar-refractivity contribution in [2.45, 2.75) is 58.9 Å². The van der Waals surface area contributed by atoms with E-state index in [1.165, 1.54) is 30.5 Å². The Morgan fingerprint density at radius 1 is 1.29 bits per heavy atom. The van der Waals surface area contributed by atoms with Gasteiger partial charge in [0.15, 0.2) is 0 Å². The Kier molecular flexibility index (Phi) is 4.95. The lowest BCUT2D eigenvalue weighted by Gasteiger charge is -2.42. The number of pyridine rings is 1. The number of carboxylic acid groups (broad SMARTS) is 1. The average molecular weight is 330 g/mol. The fourth-order valence-electron chi connectivity index (χ4n) is 3.86. The SMILES string of the molecule is CC(C)(C)[C@@H]1C[C@H](C(=O)O)CN(Cc2ccc(C3CCC3)nc2)C1. The Labute approximate surface area is 145 Å². The van der Waals surface area contributed by atoms with Gasteiger partial charge in [-0.15, -0.1) is 0 Å². The number of aromatic nitrogens is 1. The van der Waals surface area contributed by atoms with E-state index in [1.807, 2.05) is 6.20 Å². The van der Waals surface area contributed by atoms with Crippen molar-refractivity contribution in [2.75, 3.05) is 13.1 Å². The van der Waals surface area contributed by atoms with Crippen molar-refractivity contribution < 1.29 is 9.90 Å². The summed E-state index contributed by atoms with van der Waals surface area (Å²) in [5, 5.41) is 9.50. The van der Waals surface area contributed by atoms with Gasteiger partial charge < -0.3 is 5.11 Å². The molecule has 132 valence electrons. The van der Waals surface area contributed by atoms with Gasteiger partial charge in [-0.25, -0.2) is 0 Å². The maximum atomic E-state index is 11.5. The van der Waals surface area contributed by atoms with Crippen LogP contribution in [-0.2, 0) is 11.3 Å². The first kappa shape index (κ1) is 17.4. The van der Waals surface area contributed by atoms with Crippen LogP contribution in [0.3, 0.4) is 0 Å². The topological polar surface area (TPSA) is 53.4 Å².